The van der Waals surface area contributed by atoms with Crippen molar-refractivity contribution < 1.29 is 8.42 Å². The lowest BCUT2D eigenvalue weighted by molar-refractivity contribution is 0.603. The van der Waals surface area contributed by atoms with E-state index in [1.54, 1.807) is 12.1 Å². The third-order valence-corrected chi connectivity index (χ3v) is 7.45. The molecule has 0 fully saturated rings. The van der Waals surface area contributed by atoms with Gasteiger partial charge in [-0.05, 0) is 61.4 Å². The Labute approximate surface area is 177 Å². The predicted octanol–water partition coefficient (Wildman–Crippen LogP) is 5.51. The van der Waals surface area contributed by atoms with Gasteiger partial charge in [0.25, 0.3) is 10.0 Å². The van der Waals surface area contributed by atoms with E-state index in [-0.39, 0.29) is 10.0 Å². The number of thiophene rings is 1. The molecule has 0 amide bonds. The highest BCUT2D eigenvalue weighted by Crippen LogP contribution is 2.30. The van der Waals surface area contributed by atoms with Crippen molar-refractivity contribution in [3.63, 3.8) is 0 Å². The van der Waals surface area contributed by atoms with Gasteiger partial charge in [0, 0.05) is 5.69 Å². The van der Waals surface area contributed by atoms with Crippen molar-refractivity contribution >= 4 is 61.3 Å². The maximum Gasteiger partial charge on any atom is 0.272 e. The Hall–Kier alpha value is -2.68. The van der Waals surface area contributed by atoms with E-state index in [1.807, 2.05) is 50.2 Å². The Kier molecular flexibility index (Phi) is 5.16. The SMILES string of the molecule is Cc1ccc(Nc2nc3ccccc3nc2NS(=O)(=O)c2ccc(Cl)s2)cc1C. The molecule has 29 heavy (non-hydrogen) atoms. The van der Waals surface area contributed by atoms with Crippen LogP contribution in [0.1, 0.15) is 11.1 Å². The Morgan fingerprint density at radius 3 is 2.21 bits per heavy atom. The van der Waals surface area contributed by atoms with Crippen LogP contribution in [0.3, 0.4) is 0 Å². The number of hydrogen-bond donors (Lipinski definition) is 2. The lowest BCUT2D eigenvalue weighted by Gasteiger charge is -2.14. The van der Waals surface area contributed by atoms with Gasteiger partial charge in [-0.25, -0.2) is 18.4 Å². The molecule has 4 aromatic rings. The minimum Gasteiger partial charge on any atom is -0.337 e. The minimum absolute atomic E-state index is 0.106. The first-order chi connectivity index (χ1) is 13.8. The topological polar surface area (TPSA) is 84.0 Å². The van der Waals surface area contributed by atoms with Gasteiger partial charge in [0.05, 0.1) is 15.4 Å². The van der Waals surface area contributed by atoms with E-state index < -0.39 is 10.0 Å². The third-order valence-electron chi connectivity index (χ3n) is 4.38. The molecule has 0 saturated carbocycles. The molecule has 0 aliphatic carbocycles. The molecule has 2 heterocycles. The van der Waals surface area contributed by atoms with Crippen LogP contribution in [0.25, 0.3) is 11.0 Å². The largest absolute Gasteiger partial charge is 0.337 e. The zero-order valence-electron chi connectivity index (χ0n) is 15.6. The highest BCUT2D eigenvalue weighted by molar-refractivity contribution is 7.94. The maximum atomic E-state index is 12.8. The first-order valence-electron chi connectivity index (χ1n) is 8.71. The monoisotopic (exact) mass is 444 g/mol. The predicted molar refractivity (Wildman–Crippen MR) is 119 cm³/mol. The van der Waals surface area contributed by atoms with E-state index in [9.17, 15) is 8.42 Å². The number of sulfonamides is 1. The van der Waals surface area contributed by atoms with Crippen molar-refractivity contribution in [2.24, 2.45) is 0 Å². The lowest BCUT2D eigenvalue weighted by atomic mass is 10.1. The molecule has 9 heteroatoms. The number of nitrogens with one attached hydrogen (secondary N) is 2. The van der Waals surface area contributed by atoms with Crippen molar-refractivity contribution in [3.8, 4) is 0 Å². The second-order valence-corrected chi connectivity index (χ2v) is 10.1. The summed E-state index contributed by atoms with van der Waals surface area (Å²) in [5.74, 6) is 0.435. The fourth-order valence-electron chi connectivity index (χ4n) is 2.73. The van der Waals surface area contributed by atoms with Crippen molar-refractivity contribution in [2.45, 2.75) is 18.1 Å². The zero-order valence-corrected chi connectivity index (χ0v) is 18.0. The smallest absolute Gasteiger partial charge is 0.272 e. The quantitative estimate of drug-likeness (QED) is 0.424. The summed E-state index contributed by atoms with van der Waals surface area (Å²) in [7, 11) is -3.85. The number of aryl methyl sites for hydroxylation is 2. The molecular formula is C20H17ClN4O2S2. The number of fused-ring (bicyclic) bond motifs is 1. The van der Waals surface area contributed by atoms with Crippen molar-refractivity contribution in [3.05, 3.63) is 70.1 Å². The molecule has 0 unspecified atom stereocenters. The number of aromatic nitrogens is 2. The standard InChI is InChI=1S/C20H17ClN4O2S2/c1-12-7-8-14(11-13(12)2)22-19-20(24-16-6-4-3-5-15(16)23-19)25-29(26,27)18-10-9-17(21)28-18/h3-11H,1-2H3,(H,22,23)(H,24,25). The molecule has 0 spiro atoms. The molecule has 4 rings (SSSR count). The van der Waals surface area contributed by atoms with Crippen LogP contribution >= 0.6 is 22.9 Å². The molecular weight excluding hydrogens is 428 g/mol. The molecule has 2 aromatic heterocycles. The number of benzene rings is 2. The summed E-state index contributed by atoms with van der Waals surface area (Å²) in [4.78, 5) is 9.07. The van der Waals surface area contributed by atoms with Crippen LogP contribution in [0.5, 0.6) is 0 Å². The van der Waals surface area contributed by atoms with Gasteiger partial charge >= 0.3 is 0 Å². The summed E-state index contributed by atoms with van der Waals surface area (Å²) in [5, 5.41) is 3.19. The minimum atomic E-state index is -3.85. The van der Waals surface area contributed by atoms with Gasteiger partial charge in [0.1, 0.15) is 4.21 Å². The number of hydrogen-bond acceptors (Lipinski definition) is 6. The van der Waals surface area contributed by atoms with E-state index in [1.165, 1.54) is 6.07 Å². The van der Waals surface area contributed by atoms with Crippen LogP contribution in [0.15, 0.2) is 58.8 Å². The van der Waals surface area contributed by atoms with E-state index in [0.29, 0.717) is 21.2 Å². The Bertz CT molecular complexity index is 1320. The molecule has 0 radical (unpaired) electrons. The molecule has 0 aliphatic rings. The van der Waals surface area contributed by atoms with Gasteiger partial charge in [0.15, 0.2) is 11.6 Å². The average molecular weight is 445 g/mol. The van der Waals surface area contributed by atoms with Crippen LogP contribution in [0.4, 0.5) is 17.3 Å². The Morgan fingerprint density at radius 2 is 1.59 bits per heavy atom. The highest BCUT2D eigenvalue weighted by Gasteiger charge is 2.21. The zero-order chi connectivity index (χ0) is 20.6. The van der Waals surface area contributed by atoms with E-state index in [2.05, 4.69) is 20.0 Å². The van der Waals surface area contributed by atoms with Crippen LogP contribution in [0, 0.1) is 13.8 Å². The number of halogens is 1. The third kappa shape index (κ3) is 4.19. The summed E-state index contributed by atoms with van der Waals surface area (Å²) in [6, 6.07) is 16.2. The van der Waals surface area contributed by atoms with Gasteiger partial charge in [-0.15, -0.1) is 11.3 Å². The first-order valence-corrected chi connectivity index (χ1v) is 11.4. The Morgan fingerprint density at radius 1 is 0.897 bits per heavy atom. The summed E-state index contributed by atoms with van der Waals surface area (Å²) >= 11 is 6.88. The van der Waals surface area contributed by atoms with E-state index in [0.717, 1.165) is 28.2 Å². The van der Waals surface area contributed by atoms with Gasteiger partial charge < -0.3 is 5.32 Å². The number of anilines is 3. The van der Waals surface area contributed by atoms with Crippen LogP contribution in [-0.2, 0) is 10.0 Å². The molecule has 2 aromatic carbocycles. The fourth-order valence-corrected chi connectivity index (χ4v) is 5.23. The molecule has 148 valence electrons. The van der Waals surface area contributed by atoms with Gasteiger partial charge in [-0.3, -0.25) is 4.72 Å². The van der Waals surface area contributed by atoms with Gasteiger partial charge in [-0.2, -0.15) is 0 Å². The van der Waals surface area contributed by atoms with Crippen LogP contribution in [-0.4, -0.2) is 18.4 Å². The summed E-state index contributed by atoms with van der Waals surface area (Å²) in [6.07, 6.45) is 0. The van der Waals surface area contributed by atoms with E-state index >= 15 is 0 Å². The second-order valence-electron chi connectivity index (χ2n) is 6.50. The maximum absolute atomic E-state index is 12.8. The molecule has 6 nitrogen and oxygen atoms in total. The van der Waals surface area contributed by atoms with Crippen molar-refractivity contribution in [1.29, 1.82) is 0 Å². The van der Waals surface area contributed by atoms with Gasteiger partial charge in [-0.1, -0.05) is 29.8 Å². The summed E-state index contributed by atoms with van der Waals surface area (Å²) < 4.78 is 28.6. The molecule has 0 bridgehead atoms. The molecule has 0 saturated heterocycles. The average Bonchev–Trinajstić information content (AvgIpc) is 3.12. The fraction of sp³-hybridized carbons (Fsp3) is 0.100. The molecule has 2 N–H and O–H groups in total. The summed E-state index contributed by atoms with van der Waals surface area (Å²) in [5.41, 5.74) is 4.30. The van der Waals surface area contributed by atoms with E-state index in [4.69, 9.17) is 11.6 Å². The normalized spacial score (nSPS) is 11.6. The second kappa shape index (κ2) is 7.62. The van der Waals surface area contributed by atoms with Crippen LogP contribution in [0.2, 0.25) is 4.34 Å². The highest BCUT2D eigenvalue weighted by atomic mass is 35.5. The lowest BCUT2D eigenvalue weighted by Crippen LogP contribution is -2.15. The van der Waals surface area contributed by atoms with Crippen molar-refractivity contribution in [1.82, 2.24) is 9.97 Å². The van der Waals surface area contributed by atoms with Crippen molar-refractivity contribution in [2.75, 3.05) is 10.0 Å². The van der Waals surface area contributed by atoms with Gasteiger partial charge in [0.2, 0.25) is 0 Å². The summed E-state index contributed by atoms with van der Waals surface area (Å²) in [6.45, 7) is 4.04. The first kappa shape index (κ1) is 19.6. The molecule has 0 atom stereocenters. The number of rotatable bonds is 5. The number of nitrogens with zero attached hydrogens (tertiary/aromatic N) is 2. The van der Waals surface area contributed by atoms with Crippen LogP contribution < -0.4 is 10.0 Å². The number of para-hydroxylation sites is 2. The molecule has 0 aliphatic heterocycles. The Balaban J connectivity index is 1.78.